The van der Waals surface area contributed by atoms with Gasteiger partial charge in [-0.05, 0) is 25.5 Å². The summed E-state index contributed by atoms with van der Waals surface area (Å²) in [6.45, 7) is 4.81. The molecule has 0 aliphatic carbocycles. The van der Waals surface area contributed by atoms with Gasteiger partial charge in [-0.1, -0.05) is 19.4 Å². The molecule has 1 rings (SSSR count). The van der Waals surface area contributed by atoms with Gasteiger partial charge in [-0.3, -0.25) is 4.98 Å². The Labute approximate surface area is 103 Å². The van der Waals surface area contributed by atoms with Gasteiger partial charge < -0.3 is 10.2 Å². The minimum Gasteiger partial charge on any atom is -0.338 e. The smallest absolute Gasteiger partial charge is 0.317 e. The standard InChI is InChI=1S/C13H21N3O/c1-4-5-9-15-13(17)16(3)11(2)12-8-6-7-10-14-12/h6-8,10-11H,4-5,9H2,1-3H3,(H,15,17). The molecule has 1 N–H and O–H groups in total. The molecule has 4 heteroatoms. The first kappa shape index (κ1) is 13.5. The highest BCUT2D eigenvalue weighted by molar-refractivity contribution is 5.74. The van der Waals surface area contributed by atoms with E-state index < -0.39 is 0 Å². The second-order valence-corrected chi connectivity index (χ2v) is 4.13. The van der Waals surface area contributed by atoms with Crippen LogP contribution in [0.2, 0.25) is 0 Å². The first-order valence-corrected chi connectivity index (χ1v) is 6.08. The lowest BCUT2D eigenvalue weighted by atomic mass is 10.2. The number of hydrogen-bond donors (Lipinski definition) is 1. The summed E-state index contributed by atoms with van der Waals surface area (Å²) in [5, 5.41) is 2.89. The predicted octanol–water partition coefficient (Wildman–Crippen LogP) is 2.58. The molecule has 0 bridgehead atoms. The molecule has 1 aromatic heterocycles. The zero-order valence-electron chi connectivity index (χ0n) is 10.8. The van der Waals surface area contributed by atoms with Crippen LogP contribution in [0.3, 0.4) is 0 Å². The Kier molecular flexibility index (Phi) is 5.46. The summed E-state index contributed by atoms with van der Waals surface area (Å²) in [5.74, 6) is 0. The SMILES string of the molecule is CCCCNC(=O)N(C)C(C)c1ccccn1. The van der Waals surface area contributed by atoms with Crippen molar-refractivity contribution in [1.29, 1.82) is 0 Å². The molecule has 0 aromatic carbocycles. The van der Waals surface area contributed by atoms with Crippen LogP contribution in [-0.4, -0.2) is 29.5 Å². The lowest BCUT2D eigenvalue weighted by Crippen LogP contribution is -2.39. The van der Waals surface area contributed by atoms with Crippen molar-refractivity contribution in [3.8, 4) is 0 Å². The maximum Gasteiger partial charge on any atom is 0.317 e. The number of hydrogen-bond acceptors (Lipinski definition) is 2. The first-order chi connectivity index (χ1) is 8.16. The fourth-order valence-electron chi connectivity index (χ4n) is 1.49. The molecule has 0 aliphatic heterocycles. The molecule has 94 valence electrons. The Hall–Kier alpha value is -1.58. The fraction of sp³-hybridized carbons (Fsp3) is 0.538. The van der Waals surface area contributed by atoms with Crippen molar-refractivity contribution in [2.24, 2.45) is 0 Å². The summed E-state index contributed by atoms with van der Waals surface area (Å²) in [5.41, 5.74) is 0.903. The zero-order valence-corrected chi connectivity index (χ0v) is 10.8. The second kappa shape index (κ2) is 6.89. The highest BCUT2D eigenvalue weighted by atomic mass is 16.2. The van der Waals surface area contributed by atoms with Gasteiger partial charge in [0.05, 0.1) is 11.7 Å². The van der Waals surface area contributed by atoms with Crippen LogP contribution in [-0.2, 0) is 0 Å². The molecule has 0 saturated carbocycles. The van der Waals surface area contributed by atoms with E-state index in [-0.39, 0.29) is 12.1 Å². The van der Waals surface area contributed by atoms with E-state index in [1.807, 2.05) is 25.1 Å². The Morgan fingerprint density at radius 2 is 2.29 bits per heavy atom. The molecule has 0 spiro atoms. The average molecular weight is 235 g/mol. The number of pyridine rings is 1. The van der Waals surface area contributed by atoms with Crippen molar-refractivity contribution >= 4 is 6.03 Å². The Morgan fingerprint density at radius 3 is 2.88 bits per heavy atom. The maximum atomic E-state index is 11.8. The summed E-state index contributed by atoms with van der Waals surface area (Å²) >= 11 is 0. The van der Waals surface area contributed by atoms with Gasteiger partial charge in [-0.2, -0.15) is 0 Å². The molecule has 1 heterocycles. The Morgan fingerprint density at radius 1 is 1.53 bits per heavy atom. The normalized spacial score (nSPS) is 11.9. The molecule has 1 aromatic rings. The Bertz CT molecular complexity index is 340. The average Bonchev–Trinajstić information content (AvgIpc) is 2.38. The summed E-state index contributed by atoms with van der Waals surface area (Å²) < 4.78 is 0. The van der Waals surface area contributed by atoms with Gasteiger partial charge in [-0.15, -0.1) is 0 Å². The number of carbonyl (C=O) groups is 1. The number of unbranched alkanes of at least 4 members (excludes halogenated alkanes) is 1. The van der Waals surface area contributed by atoms with Crippen molar-refractivity contribution < 1.29 is 4.79 Å². The van der Waals surface area contributed by atoms with Crippen LogP contribution in [0, 0.1) is 0 Å². The number of carbonyl (C=O) groups excluding carboxylic acids is 1. The third-order valence-electron chi connectivity index (χ3n) is 2.82. The van der Waals surface area contributed by atoms with E-state index in [0.29, 0.717) is 0 Å². The fourth-order valence-corrected chi connectivity index (χ4v) is 1.49. The molecular weight excluding hydrogens is 214 g/mol. The monoisotopic (exact) mass is 235 g/mol. The minimum atomic E-state index is -0.0448. The highest BCUT2D eigenvalue weighted by Crippen LogP contribution is 2.15. The van der Waals surface area contributed by atoms with Gasteiger partial charge in [0, 0.05) is 19.8 Å². The molecule has 2 amide bonds. The van der Waals surface area contributed by atoms with Crippen LogP contribution in [0.15, 0.2) is 24.4 Å². The van der Waals surface area contributed by atoms with Crippen molar-refractivity contribution in [2.75, 3.05) is 13.6 Å². The topological polar surface area (TPSA) is 45.2 Å². The van der Waals surface area contributed by atoms with E-state index in [2.05, 4.69) is 17.2 Å². The van der Waals surface area contributed by atoms with Crippen molar-refractivity contribution in [3.63, 3.8) is 0 Å². The number of rotatable bonds is 5. The number of amides is 2. The first-order valence-electron chi connectivity index (χ1n) is 6.08. The summed E-state index contributed by atoms with van der Waals surface area (Å²) in [6, 6.07) is 5.68. The van der Waals surface area contributed by atoms with Crippen molar-refractivity contribution in [1.82, 2.24) is 15.2 Å². The number of aromatic nitrogens is 1. The van der Waals surface area contributed by atoms with Crippen molar-refractivity contribution in [2.45, 2.75) is 32.7 Å². The van der Waals surface area contributed by atoms with Gasteiger partial charge in [-0.25, -0.2) is 4.79 Å². The summed E-state index contributed by atoms with van der Waals surface area (Å²) in [7, 11) is 1.79. The molecule has 0 radical (unpaired) electrons. The van der Waals surface area contributed by atoms with E-state index >= 15 is 0 Å². The molecule has 0 fully saturated rings. The molecule has 1 unspecified atom stereocenters. The molecule has 1 atom stereocenters. The van der Waals surface area contributed by atoms with Gasteiger partial charge in [0.25, 0.3) is 0 Å². The third-order valence-corrected chi connectivity index (χ3v) is 2.82. The highest BCUT2D eigenvalue weighted by Gasteiger charge is 2.17. The van der Waals surface area contributed by atoms with Crippen molar-refractivity contribution in [3.05, 3.63) is 30.1 Å². The van der Waals surface area contributed by atoms with Gasteiger partial charge in [0.1, 0.15) is 0 Å². The van der Waals surface area contributed by atoms with E-state index in [1.165, 1.54) is 0 Å². The zero-order chi connectivity index (χ0) is 12.7. The molecule has 4 nitrogen and oxygen atoms in total. The quantitative estimate of drug-likeness (QED) is 0.797. The molecular formula is C13H21N3O. The van der Waals surface area contributed by atoms with Crippen LogP contribution in [0.5, 0.6) is 0 Å². The summed E-state index contributed by atoms with van der Waals surface area (Å²) in [6.07, 6.45) is 3.84. The summed E-state index contributed by atoms with van der Waals surface area (Å²) in [4.78, 5) is 17.8. The lowest BCUT2D eigenvalue weighted by Gasteiger charge is -2.24. The number of urea groups is 1. The van der Waals surface area contributed by atoms with Crippen LogP contribution in [0.4, 0.5) is 4.79 Å². The van der Waals surface area contributed by atoms with Crippen LogP contribution < -0.4 is 5.32 Å². The Balaban J connectivity index is 2.51. The van der Waals surface area contributed by atoms with Crippen LogP contribution in [0.1, 0.15) is 38.4 Å². The van der Waals surface area contributed by atoms with Crippen LogP contribution >= 0.6 is 0 Å². The van der Waals surface area contributed by atoms with E-state index in [1.54, 1.807) is 18.1 Å². The van der Waals surface area contributed by atoms with E-state index in [0.717, 1.165) is 25.1 Å². The second-order valence-electron chi connectivity index (χ2n) is 4.13. The minimum absolute atomic E-state index is 0.0159. The van der Waals surface area contributed by atoms with E-state index in [9.17, 15) is 4.79 Å². The largest absolute Gasteiger partial charge is 0.338 e. The van der Waals surface area contributed by atoms with Gasteiger partial charge >= 0.3 is 6.03 Å². The van der Waals surface area contributed by atoms with Gasteiger partial charge in [0.15, 0.2) is 0 Å². The molecule has 0 saturated heterocycles. The molecule has 17 heavy (non-hydrogen) atoms. The third kappa shape index (κ3) is 4.06. The predicted molar refractivity (Wildman–Crippen MR) is 68.7 cm³/mol. The van der Waals surface area contributed by atoms with E-state index in [4.69, 9.17) is 0 Å². The van der Waals surface area contributed by atoms with Gasteiger partial charge in [0.2, 0.25) is 0 Å². The van der Waals surface area contributed by atoms with Crippen LogP contribution in [0.25, 0.3) is 0 Å². The number of nitrogens with zero attached hydrogens (tertiary/aromatic N) is 2. The maximum absolute atomic E-state index is 11.8. The lowest BCUT2D eigenvalue weighted by molar-refractivity contribution is 0.193. The molecule has 0 aliphatic rings. The number of nitrogens with one attached hydrogen (secondary N) is 1.